The molecule has 6 aromatic rings. The summed E-state index contributed by atoms with van der Waals surface area (Å²) >= 11 is 0. The molecule has 0 amide bonds. The topological polar surface area (TPSA) is 28.7 Å². The van der Waals surface area contributed by atoms with Gasteiger partial charge in [0.15, 0.2) is 0 Å². The zero-order chi connectivity index (χ0) is 21.7. The van der Waals surface area contributed by atoms with Crippen molar-refractivity contribution in [2.75, 3.05) is 0 Å². The van der Waals surface area contributed by atoms with Crippen LogP contribution in [0.15, 0.2) is 103 Å². The number of aryl methyl sites for hydroxylation is 1. The number of para-hydroxylation sites is 2. The zero-order valence-corrected chi connectivity index (χ0v) is 17.7. The van der Waals surface area contributed by atoms with E-state index in [0.29, 0.717) is 5.56 Å². The van der Waals surface area contributed by atoms with Crippen molar-refractivity contribution >= 4 is 32.6 Å². The second-order valence-corrected chi connectivity index (χ2v) is 8.19. The van der Waals surface area contributed by atoms with Gasteiger partial charge in [-0.05, 0) is 59.3 Å². The van der Waals surface area contributed by atoms with Crippen LogP contribution in [0, 0.1) is 18.3 Å². The summed E-state index contributed by atoms with van der Waals surface area (Å²) in [4.78, 5) is 0. The number of rotatable bonds is 2. The molecule has 150 valence electrons. The van der Waals surface area contributed by atoms with Crippen LogP contribution in [0.4, 0.5) is 0 Å². The van der Waals surface area contributed by atoms with Gasteiger partial charge in [-0.15, -0.1) is 0 Å². The highest BCUT2D eigenvalue weighted by Crippen LogP contribution is 2.37. The van der Waals surface area contributed by atoms with E-state index in [2.05, 4.69) is 109 Å². The van der Waals surface area contributed by atoms with Crippen molar-refractivity contribution in [1.82, 2.24) is 4.57 Å². The summed E-state index contributed by atoms with van der Waals surface area (Å²) in [7, 11) is 0. The van der Waals surface area contributed by atoms with Crippen LogP contribution in [0.25, 0.3) is 49.4 Å². The Hall–Kier alpha value is -4.35. The van der Waals surface area contributed by atoms with Crippen molar-refractivity contribution in [3.8, 4) is 22.9 Å². The number of nitriles is 1. The largest absolute Gasteiger partial charge is 0.309 e. The number of nitrogens with zero attached hydrogens (tertiary/aromatic N) is 2. The minimum Gasteiger partial charge on any atom is -0.309 e. The van der Waals surface area contributed by atoms with E-state index in [1.807, 2.05) is 12.1 Å². The number of hydrogen-bond acceptors (Lipinski definition) is 1. The molecule has 0 unspecified atom stereocenters. The maximum Gasteiger partial charge on any atom is 0.0991 e. The fourth-order valence-electron chi connectivity index (χ4n) is 4.94. The third kappa shape index (κ3) is 2.65. The summed E-state index contributed by atoms with van der Waals surface area (Å²) in [6.45, 7) is 2.08. The number of aromatic nitrogens is 1. The monoisotopic (exact) mass is 408 g/mol. The molecule has 0 saturated carbocycles. The van der Waals surface area contributed by atoms with Crippen LogP contribution < -0.4 is 0 Å². The van der Waals surface area contributed by atoms with Crippen LogP contribution in [0.3, 0.4) is 0 Å². The Kier molecular flexibility index (Phi) is 4.09. The summed E-state index contributed by atoms with van der Waals surface area (Å²) in [6.07, 6.45) is 0. The highest BCUT2D eigenvalue weighted by molar-refractivity contribution is 6.11. The van der Waals surface area contributed by atoms with Gasteiger partial charge in [0.1, 0.15) is 0 Å². The smallest absolute Gasteiger partial charge is 0.0991 e. The van der Waals surface area contributed by atoms with Gasteiger partial charge >= 0.3 is 0 Å². The Morgan fingerprint density at radius 1 is 0.594 bits per heavy atom. The van der Waals surface area contributed by atoms with E-state index in [4.69, 9.17) is 0 Å². The third-order valence-corrected chi connectivity index (χ3v) is 6.37. The van der Waals surface area contributed by atoms with Crippen molar-refractivity contribution in [3.63, 3.8) is 0 Å². The lowest BCUT2D eigenvalue weighted by Crippen LogP contribution is -1.96. The Morgan fingerprint density at radius 2 is 1.22 bits per heavy atom. The van der Waals surface area contributed by atoms with E-state index in [1.165, 1.54) is 43.8 Å². The number of fused-ring (bicyclic) bond motifs is 4. The van der Waals surface area contributed by atoms with Crippen molar-refractivity contribution in [1.29, 1.82) is 5.26 Å². The molecule has 0 aliphatic heterocycles. The van der Waals surface area contributed by atoms with Gasteiger partial charge in [0, 0.05) is 16.2 Å². The summed E-state index contributed by atoms with van der Waals surface area (Å²) in [5.74, 6) is 0. The highest BCUT2D eigenvalue weighted by Gasteiger charge is 2.15. The van der Waals surface area contributed by atoms with Crippen LogP contribution in [0.1, 0.15) is 11.1 Å². The first-order valence-electron chi connectivity index (χ1n) is 10.8. The minimum absolute atomic E-state index is 0.692. The van der Waals surface area contributed by atoms with Crippen molar-refractivity contribution in [3.05, 3.63) is 114 Å². The molecule has 5 aromatic carbocycles. The minimum atomic E-state index is 0.692. The lowest BCUT2D eigenvalue weighted by molar-refractivity contribution is 1.20. The maximum absolute atomic E-state index is 9.26. The van der Waals surface area contributed by atoms with E-state index in [1.54, 1.807) is 0 Å². The van der Waals surface area contributed by atoms with Crippen LogP contribution >= 0.6 is 0 Å². The number of hydrogen-bond donors (Lipinski definition) is 0. The zero-order valence-electron chi connectivity index (χ0n) is 17.7. The first-order chi connectivity index (χ1) is 15.8. The normalized spacial score (nSPS) is 11.2. The third-order valence-electron chi connectivity index (χ3n) is 6.37. The summed E-state index contributed by atoms with van der Waals surface area (Å²) in [5.41, 5.74) is 7.74. The Labute approximate surface area is 186 Å². The predicted molar refractivity (Wildman–Crippen MR) is 133 cm³/mol. The maximum atomic E-state index is 9.26. The second kappa shape index (κ2) is 7.11. The van der Waals surface area contributed by atoms with E-state index in [9.17, 15) is 5.26 Å². The molecule has 0 saturated heterocycles. The molecule has 0 atom stereocenters. The molecule has 2 nitrogen and oxygen atoms in total. The van der Waals surface area contributed by atoms with Crippen LogP contribution in [-0.4, -0.2) is 4.57 Å². The van der Waals surface area contributed by atoms with Gasteiger partial charge in [-0.25, -0.2) is 0 Å². The van der Waals surface area contributed by atoms with Crippen molar-refractivity contribution in [2.24, 2.45) is 0 Å². The van der Waals surface area contributed by atoms with Crippen LogP contribution in [0.2, 0.25) is 0 Å². The predicted octanol–water partition coefficient (Wildman–Crippen LogP) is 7.78. The molecule has 0 spiro atoms. The molecular formula is C30H20N2. The molecule has 0 fully saturated rings. The van der Waals surface area contributed by atoms with E-state index in [-0.39, 0.29) is 0 Å². The van der Waals surface area contributed by atoms with Gasteiger partial charge in [0.05, 0.1) is 28.4 Å². The lowest BCUT2D eigenvalue weighted by atomic mass is 9.93. The molecular weight excluding hydrogens is 388 g/mol. The molecule has 2 heteroatoms. The summed E-state index contributed by atoms with van der Waals surface area (Å²) in [6, 6.07) is 38.4. The van der Waals surface area contributed by atoms with Gasteiger partial charge < -0.3 is 4.57 Å². The first-order valence-corrected chi connectivity index (χ1v) is 10.8. The van der Waals surface area contributed by atoms with Gasteiger partial charge in [-0.1, -0.05) is 72.8 Å². The van der Waals surface area contributed by atoms with Gasteiger partial charge in [0.25, 0.3) is 0 Å². The lowest BCUT2D eigenvalue weighted by Gasteiger charge is -2.15. The average molecular weight is 409 g/mol. The second-order valence-electron chi connectivity index (χ2n) is 8.19. The van der Waals surface area contributed by atoms with Crippen molar-refractivity contribution < 1.29 is 0 Å². The molecule has 0 aliphatic rings. The Balaban J connectivity index is 1.69. The Morgan fingerprint density at radius 3 is 1.91 bits per heavy atom. The summed E-state index contributed by atoms with van der Waals surface area (Å²) in [5, 5.41) is 14.2. The fraction of sp³-hybridized carbons (Fsp3) is 0.0333. The SMILES string of the molecule is Cc1cc(C#N)ccc1-c1cccc2c(-n3c4ccccc4c4ccccc43)cccc12. The molecule has 1 heterocycles. The molecule has 0 bridgehead atoms. The van der Waals surface area contributed by atoms with E-state index < -0.39 is 0 Å². The van der Waals surface area contributed by atoms with E-state index >= 15 is 0 Å². The van der Waals surface area contributed by atoms with Gasteiger partial charge in [-0.2, -0.15) is 5.26 Å². The average Bonchev–Trinajstić information content (AvgIpc) is 3.18. The van der Waals surface area contributed by atoms with Crippen LogP contribution in [-0.2, 0) is 0 Å². The van der Waals surface area contributed by atoms with Gasteiger partial charge in [-0.3, -0.25) is 0 Å². The van der Waals surface area contributed by atoms with Crippen LogP contribution in [0.5, 0.6) is 0 Å². The molecule has 0 radical (unpaired) electrons. The summed E-state index contributed by atoms with van der Waals surface area (Å²) < 4.78 is 2.38. The molecule has 6 rings (SSSR count). The quantitative estimate of drug-likeness (QED) is 0.287. The van der Waals surface area contributed by atoms with Gasteiger partial charge in [0.2, 0.25) is 0 Å². The molecule has 0 N–H and O–H groups in total. The molecule has 32 heavy (non-hydrogen) atoms. The highest BCUT2D eigenvalue weighted by atomic mass is 15.0. The first kappa shape index (κ1) is 18.4. The number of benzene rings is 5. The fourth-order valence-corrected chi connectivity index (χ4v) is 4.94. The van der Waals surface area contributed by atoms with Crippen molar-refractivity contribution in [2.45, 2.75) is 6.92 Å². The molecule has 1 aromatic heterocycles. The Bertz CT molecular complexity index is 1640. The molecule has 0 aliphatic carbocycles. The van der Waals surface area contributed by atoms with E-state index in [0.717, 1.165) is 11.1 Å². The standard InChI is InChI=1S/C30H20N2/c1-20-18-21(19-31)16-17-22(20)23-10-6-12-25-24(23)11-7-15-30(25)32-28-13-4-2-8-26(28)27-9-3-5-14-29(27)32/h2-18H,1H3.